The van der Waals surface area contributed by atoms with Crippen LogP contribution in [-0.2, 0) is 26.2 Å². The monoisotopic (exact) mass is 540 g/mol. The number of aryl methyl sites for hydroxylation is 1. The lowest BCUT2D eigenvalue weighted by atomic mass is 9.69. The lowest BCUT2D eigenvalue weighted by Crippen LogP contribution is -2.53. The lowest BCUT2D eigenvalue weighted by Gasteiger charge is -2.45. The van der Waals surface area contributed by atoms with Gasteiger partial charge in [0.15, 0.2) is 0 Å². The third-order valence-electron chi connectivity index (χ3n) is 9.66. The fraction of sp³-hybridized carbons (Fsp3) is 0.500. The predicted octanol–water partition coefficient (Wildman–Crippen LogP) is 5.72. The van der Waals surface area contributed by atoms with E-state index in [1.807, 2.05) is 17.0 Å². The van der Waals surface area contributed by atoms with Crippen LogP contribution in [0.5, 0.6) is 0 Å². The summed E-state index contributed by atoms with van der Waals surface area (Å²) in [7, 11) is 0. The van der Waals surface area contributed by atoms with Crippen LogP contribution in [-0.4, -0.2) is 55.3 Å². The molecule has 0 aromatic heterocycles. The fourth-order valence-electron chi connectivity index (χ4n) is 7.32. The number of benzene rings is 2. The summed E-state index contributed by atoms with van der Waals surface area (Å²) >= 11 is 0. The number of hydrogen-bond acceptors (Lipinski definition) is 5. The molecule has 0 spiro atoms. The summed E-state index contributed by atoms with van der Waals surface area (Å²) in [6.45, 7) is 3.76. The van der Waals surface area contributed by atoms with Gasteiger partial charge in [0.25, 0.3) is 0 Å². The molecule has 2 aromatic carbocycles. The largest absolute Gasteiger partial charge is 0.460 e. The number of ether oxygens (including phenoxy) is 1. The van der Waals surface area contributed by atoms with Crippen LogP contribution < -0.4 is 4.90 Å². The number of carbonyl (C=O) groups is 3. The highest BCUT2D eigenvalue weighted by Gasteiger charge is 2.45. The van der Waals surface area contributed by atoms with Gasteiger partial charge in [-0.25, -0.2) is 0 Å². The van der Waals surface area contributed by atoms with Crippen LogP contribution >= 0.6 is 0 Å². The van der Waals surface area contributed by atoms with Gasteiger partial charge in [-0.3, -0.25) is 19.3 Å². The second-order valence-corrected chi connectivity index (χ2v) is 12.1. The van der Waals surface area contributed by atoms with Crippen molar-refractivity contribution >= 4 is 29.9 Å². The van der Waals surface area contributed by atoms with Crippen molar-refractivity contribution in [3.63, 3.8) is 0 Å². The summed E-state index contributed by atoms with van der Waals surface area (Å²) in [5.41, 5.74) is 4.21. The van der Waals surface area contributed by atoms with E-state index in [2.05, 4.69) is 41.3 Å². The highest BCUT2D eigenvalue weighted by molar-refractivity contribution is 5.97. The minimum Gasteiger partial charge on any atom is -0.460 e. The topological polar surface area (TPSA) is 66.9 Å². The third kappa shape index (κ3) is 5.38. The maximum absolute atomic E-state index is 13.9. The van der Waals surface area contributed by atoms with Crippen LogP contribution in [0.2, 0.25) is 0 Å². The molecular weight excluding hydrogens is 500 g/mol. The van der Waals surface area contributed by atoms with Crippen LogP contribution in [0.15, 0.2) is 48.5 Å². The Morgan fingerprint density at radius 3 is 2.58 bits per heavy atom. The molecule has 5 aliphatic rings. The molecule has 4 aliphatic heterocycles. The van der Waals surface area contributed by atoms with Crippen molar-refractivity contribution in [3.8, 4) is 0 Å². The molecule has 4 heterocycles. The average molecular weight is 541 g/mol. The number of carbonyl (C=O) groups excluding carboxylic acids is 3. The predicted molar refractivity (Wildman–Crippen MR) is 156 cm³/mol. The second kappa shape index (κ2) is 11.7. The van der Waals surface area contributed by atoms with Crippen molar-refractivity contribution in [2.75, 3.05) is 31.1 Å². The third-order valence-corrected chi connectivity index (χ3v) is 9.66. The van der Waals surface area contributed by atoms with E-state index in [1.54, 1.807) is 6.07 Å². The number of piperidine rings is 3. The number of amides is 1. The van der Waals surface area contributed by atoms with Gasteiger partial charge in [0, 0.05) is 30.8 Å². The highest BCUT2D eigenvalue weighted by Crippen LogP contribution is 2.42. The van der Waals surface area contributed by atoms with Crippen molar-refractivity contribution in [2.45, 2.75) is 75.7 Å². The number of anilines is 1. The second-order valence-electron chi connectivity index (χ2n) is 12.1. The van der Waals surface area contributed by atoms with E-state index in [0.717, 1.165) is 93.2 Å². The molecule has 210 valence electrons. The number of nitrogens with zero attached hydrogens (tertiary/aromatic N) is 2. The fourth-order valence-corrected chi connectivity index (χ4v) is 7.32. The summed E-state index contributed by atoms with van der Waals surface area (Å²) in [5, 5.41) is 0. The zero-order chi connectivity index (χ0) is 27.5. The summed E-state index contributed by atoms with van der Waals surface area (Å²) in [5.74, 6) is 0.615. The van der Waals surface area contributed by atoms with E-state index in [-0.39, 0.29) is 18.0 Å². The van der Waals surface area contributed by atoms with E-state index in [0.29, 0.717) is 30.9 Å². The molecule has 1 atom stereocenters. The molecule has 1 unspecified atom stereocenters. The normalized spacial score (nSPS) is 25.6. The first-order valence-corrected chi connectivity index (χ1v) is 15.1. The minimum atomic E-state index is -0.557. The first-order valence-electron chi connectivity index (χ1n) is 15.1. The van der Waals surface area contributed by atoms with E-state index in [4.69, 9.17) is 4.74 Å². The Kier molecular flexibility index (Phi) is 7.88. The van der Waals surface area contributed by atoms with Gasteiger partial charge >= 0.3 is 5.97 Å². The molecule has 3 saturated heterocycles. The van der Waals surface area contributed by atoms with Gasteiger partial charge in [0.05, 0.1) is 5.41 Å². The molecule has 6 heteroatoms. The molecule has 0 N–H and O–H groups in total. The molecule has 2 aromatic rings. The Bertz CT molecular complexity index is 1290. The smallest absolute Gasteiger partial charge is 0.316 e. The zero-order valence-electron chi connectivity index (χ0n) is 23.4. The van der Waals surface area contributed by atoms with Crippen molar-refractivity contribution in [3.05, 3.63) is 70.8 Å². The Morgan fingerprint density at radius 2 is 1.82 bits per heavy atom. The van der Waals surface area contributed by atoms with E-state index in [1.165, 1.54) is 6.42 Å². The molecule has 1 aliphatic carbocycles. The van der Waals surface area contributed by atoms with Gasteiger partial charge < -0.3 is 9.64 Å². The van der Waals surface area contributed by atoms with Gasteiger partial charge in [-0.1, -0.05) is 55.7 Å². The van der Waals surface area contributed by atoms with Gasteiger partial charge in [-0.05, 0) is 92.4 Å². The highest BCUT2D eigenvalue weighted by atomic mass is 16.5. The van der Waals surface area contributed by atoms with Crippen LogP contribution in [0.3, 0.4) is 0 Å². The van der Waals surface area contributed by atoms with Crippen molar-refractivity contribution in [2.24, 2.45) is 5.92 Å². The summed E-state index contributed by atoms with van der Waals surface area (Å²) in [4.78, 5) is 42.0. The molecule has 1 amide bonds. The molecular formula is C34H40N2O4. The molecule has 1 saturated carbocycles. The Balaban J connectivity index is 1.14. The Labute approximate surface area is 237 Å². The van der Waals surface area contributed by atoms with E-state index < -0.39 is 5.41 Å². The van der Waals surface area contributed by atoms with Gasteiger partial charge in [-0.2, -0.15) is 0 Å². The molecule has 6 nitrogen and oxygen atoms in total. The van der Waals surface area contributed by atoms with Crippen LogP contribution in [0.25, 0.3) is 6.08 Å². The standard InChI is InChI=1S/C34H40N2O4/c37-24-26-10-12-30-28(21-26)11-13-32(38)36(30)18-5-2-7-25-8-6-9-29(22-25)34(16-3-1-4-17-34)33(39)40-31-23-35-19-14-27(31)15-20-35/h2,6-10,12,21-22,24,27,31H,1,3-5,11,13-20,23H2/b7-2+. The quantitative estimate of drug-likeness (QED) is 0.316. The number of aldehydes is 1. The lowest BCUT2D eigenvalue weighted by molar-refractivity contribution is -0.167. The maximum atomic E-state index is 13.9. The number of esters is 1. The molecule has 4 fully saturated rings. The Hall–Kier alpha value is -3.25. The summed E-state index contributed by atoms with van der Waals surface area (Å²) in [6, 6.07) is 14.0. The Morgan fingerprint density at radius 1 is 1.00 bits per heavy atom. The van der Waals surface area contributed by atoms with Crippen LogP contribution in [0, 0.1) is 5.92 Å². The van der Waals surface area contributed by atoms with Crippen LogP contribution in [0.1, 0.15) is 84.8 Å². The van der Waals surface area contributed by atoms with Crippen LogP contribution in [0.4, 0.5) is 5.69 Å². The first kappa shape index (κ1) is 26.9. The number of hydrogen-bond donors (Lipinski definition) is 0. The average Bonchev–Trinajstić information content (AvgIpc) is 3.01. The van der Waals surface area contributed by atoms with E-state index >= 15 is 0 Å². The minimum absolute atomic E-state index is 0.0212. The molecule has 2 bridgehead atoms. The summed E-state index contributed by atoms with van der Waals surface area (Å²) < 4.78 is 6.33. The van der Waals surface area contributed by atoms with Gasteiger partial charge in [-0.15, -0.1) is 0 Å². The maximum Gasteiger partial charge on any atom is 0.316 e. The number of rotatable bonds is 8. The van der Waals surface area contributed by atoms with Crippen molar-refractivity contribution in [1.29, 1.82) is 0 Å². The summed E-state index contributed by atoms with van der Waals surface area (Å²) in [6.07, 6.45) is 14.2. The van der Waals surface area contributed by atoms with Crippen molar-refractivity contribution in [1.82, 2.24) is 4.90 Å². The van der Waals surface area contributed by atoms with Gasteiger partial charge in [0.2, 0.25) is 5.91 Å². The molecule has 0 radical (unpaired) electrons. The molecule has 40 heavy (non-hydrogen) atoms. The van der Waals surface area contributed by atoms with Crippen molar-refractivity contribution < 1.29 is 19.1 Å². The number of fused-ring (bicyclic) bond motifs is 4. The van der Waals surface area contributed by atoms with E-state index in [9.17, 15) is 14.4 Å². The molecule has 7 rings (SSSR count). The zero-order valence-corrected chi connectivity index (χ0v) is 23.4. The van der Waals surface area contributed by atoms with Gasteiger partial charge in [0.1, 0.15) is 12.4 Å². The SMILES string of the molecule is O=Cc1ccc2c(c1)CCC(=O)N2CC/C=C/c1cccc(C2(C(=O)OC3CN4CCC3CC4)CCCCC2)c1. The first-order chi connectivity index (χ1) is 19.6.